The van der Waals surface area contributed by atoms with E-state index in [0.717, 1.165) is 18.7 Å². The lowest BCUT2D eigenvalue weighted by atomic mass is 9.82. The third-order valence-corrected chi connectivity index (χ3v) is 3.03. The molecule has 0 spiro atoms. The molecule has 108 valence electrons. The Kier molecular flexibility index (Phi) is 5.86. The Balaban J connectivity index is 2.95. The van der Waals surface area contributed by atoms with E-state index in [1.165, 1.54) is 5.56 Å². The van der Waals surface area contributed by atoms with E-state index in [1.807, 2.05) is 6.07 Å². The molecule has 1 aromatic carbocycles. The van der Waals surface area contributed by atoms with Gasteiger partial charge in [-0.2, -0.15) is 0 Å². The molecule has 2 nitrogen and oxygen atoms in total. The molecule has 0 radical (unpaired) electrons. The minimum Gasteiger partial charge on any atom is -0.491 e. The van der Waals surface area contributed by atoms with E-state index in [9.17, 15) is 0 Å². The zero-order valence-corrected chi connectivity index (χ0v) is 13.3. The molecular formula is C17H29NO. The van der Waals surface area contributed by atoms with Gasteiger partial charge in [0, 0.05) is 6.04 Å². The fourth-order valence-electron chi connectivity index (χ4n) is 2.25. The average molecular weight is 263 g/mol. The second-order valence-corrected chi connectivity index (χ2v) is 6.49. The largest absolute Gasteiger partial charge is 0.491 e. The lowest BCUT2D eigenvalue weighted by molar-refractivity contribution is 0.239. The van der Waals surface area contributed by atoms with Gasteiger partial charge in [0.15, 0.2) is 0 Å². The van der Waals surface area contributed by atoms with Crippen LogP contribution >= 0.6 is 0 Å². The van der Waals surface area contributed by atoms with Crippen molar-refractivity contribution in [3.8, 4) is 5.75 Å². The van der Waals surface area contributed by atoms with Crippen molar-refractivity contribution < 1.29 is 4.74 Å². The molecule has 1 unspecified atom stereocenters. The van der Waals surface area contributed by atoms with E-state index < -0.39 is 0 Å². The van der Waals surface area contributed by atoms with Gasteiger partial charge in [0.2, 0.25) is 0 Å². The molecule has 19 heavy (non-hydrogen) atoms. The summed E-state index contributed by atoms with van der Waals surface area (Å²) in [6, 6.07) is 8.82. The lowest BCUT2D eigenvalue weighted by Crippen LogP contribution is -2.32. The topological polar surface area (TPSA) is 21.3 Å². The highest BCUT2D eigenvalue weighted by Gasteiger charge is 2.25. The second-order valence-electron chi connectivity index (χ2n) is 6.49. The molecule has 0 aliphatic heterocycles. The third kappa shape index (κ3) is 5.23. The van der Waals surface area contributed by atoms with Crippen LogP contribution in [0.4, 0.5) is 0 Å². The van der Waals surface area contributed by atoms with Crippen LogP contribution in [0.2, 0.25) is 0 Å². The third-order valence-electron chi connectivity index (χ3n) is 3.03. The van der Waals surface area contributed by atoms with Crippen molar-refractivity contribution in [2.45, 2.75) is 60.1 Å². The fourth-order valence-corrected chi connectivity index (χ4v) is 2.25. The van der Waals surface area contributed by atoms with Crippen molar-refractivity contribution in [2.24, 2.45) is 5.41 Å². The molecule has 1 aromatic rings. The maximum Gasteiger partial charge on any atom is 0.120 e. The Morgan fingerprint density at radius 2 is 1.89 bits per heavy atom. The fraction of sp³-hybridized carbons (Fsp3) is 0.647. The van der Waals surface area contributed by atoms with Crippen LogP contribution in [0.5, 0.6) is 5.75 Å². The molecule has 0 heterocycles. The molecule has 0 bridgehead atoms. The van der Waals surface area contributed by atoms with Gasteiger partial charge in [0.25, 0.3) is 0 Å². The van der Waals surface area contributed by atoms with Gasteiger partial charge in [-0.3, -0.25) is 0 Å². The van der Waals surface area contributed by atoms with Crippen molar-refractivity contribution in [3.63, 3.8) is 0 Å². The van der Waals surface area contributed by atoms with Gasteiger partial charge >= 0.3 is 0 Å². The molecule has 1 N–H and O–H groups in total. The Hall–Kier alpha value is -1.02. The summed E-state index contributed by atoms with van der Waals surface area (Å²) in [5, 5.41) is 3.65. The summed E-state index contributed by atoms with van der Waals surface area (Å²) >= 11 is 0. The summed E-state index contributed by atoms with van der Waals surface area (Å²) in [5.41, 5.74) is 1.49. The highest BCUT2D eigenvalue weighted by Crippen LogP contribution is 2.34. The molecule has 1 rings (SSSR count). The van der Waals surface area contributed by atoms with E-state index in [2.05, 4.69) is 65.1 Å². The first-order chi connectivity index (χ1) is 8.84. The second kappa shape index (κ2) is 6.95. The van der Waals surface area contributed by atoms with E-state index in [-0.39, 0.29) is 11.5 Å². The van der Waals surface area contributed by atoms with Crippen molar-refractivity contribution in [2.75, 3.05) is 6.54 Å². The molecule has 0 saturated heterocycles. The van der Waals surface area contributed by atoms with Crippen LogP contribution in [0.25, 0.3) is 0 Å². The Bertz CT molecular complexity index is 379. The number of nitrogens with one attached hydrogen (secondary N) is 1. The molecule has 1 atom stereocenters. The van der Waals surface area contributed by atoms with Gasteiger partial charge in [-0.05, 0) is 49.9 Å². The normalized spacial score (nSPS) is 13.6. The van der Waals surface area contributed by atoms with E-state index in [4.69, 9.17) is 4.74 Å². The zero-order chi connectivity index (χ0) is 14.5. The average Bonchev–Trinajstić information content (AvgIpc) is 2.27. The molecular weight excluding hydrogens is 234 g/mol. The summed E-state index contributed by atoms with van der Waals surface area (Å²) in [4.78, 5) is 0. The minimum absolute atomic E-state index is 0.186. The summed E-state index contributed by atoms with van der Waals surface area (Å²) in [6.45, 7) is 14.2. The Morgan fingerprint density at radius 1 is 1.21 bits per heavy atom. The van der Waals surface area contributed by atoms with Gasteiger partial charge in [-0.15, -0.1) is 0 Å². The molecule has 0 aliphatic rings. The molecule has 2 heteroatoms. The van der Waals surface area contributed by atoms with Crippen LogP contribution in [0.15, 0.2) is 24.3 Å². The zero-order valence-electron chi connectivity index (χ0n) is 13.3. The predicted molar refractivity (Wildman–Crippen MR) is 82.7 cm³/mol. The summed E-state index contributed by atoms with van der Waals surface area (Å²) in [5.74, 6) is 0.958. The van der Waals surface area contributed by atoms with Crippen LogP contribution in [0, 0.1) is 5.41 Å². The molecule has 0 aromatic heterocycles. The number of rotatable bonds is 6. The van der Waals surface area contributed by atoms with Gasteiger partial charge < -0.3 is 10.1 Å². The quantitative estimate of drug-likeness (QED) is 0.812. The minimum atomic E-state index is 0.186. The summed E-state index contributed by atoms with van der Waals surface area (Å²) < 4.78 is 5.79. The maximum atomic E-state index is 5.79. The predicted octanol–water partition coefficient (Wildman–Crippen LogP) is 4.56. The lowest BCUT2D eigenvalue weighted by Gasteiger charge is -2.32. The van der Waals surface area contributed by atoms with Gasteiger partial charge in [-0.25, -0.2) is 0 Å². The number of hydrogen-bond acceptors (Lipinski definition) is 2. The van der Waals surface area contributed by atoms with Crippen LogP contribution in [0.3, 0.4) is 0 Å². The Morgan fingerprint density at radius 3 is 2.42 bits per heavy atom. The van der Waals surface area contributed by atoms with Crippen LogP contribution < -0.4 is 10.1 Å². The molecule has 0 amide bonds. The molecule has 0 aliphatic carbocycles. The monoisotopic (exact) mass is 263 g/mol. The van der Waals surface area contributed by atoms with Crippen LogP contribution in [-0.2, 0) is 0 Å². The van der Waals surface area contributed by atoms with E-state index >= 15 is 0 Å². The number of benzene rings is 1. The van der Waals surface area contributed by atoms with Crippen LogP contribution in [0.1, 0.15) is 59.6 Å². The van der Waals surface area contributed by atoms with Gasteiger partial charge in [0.1, 0.15) is 5.75 Å². The van der Waals surface area contributed by atoms with Crippen molar-refractivity contribution in [3.05, 3.63) is 29.8 Å². The SMILES string of the molecule is CCCNC(c1cccc(OC(C)C)c1)C(C)(C)C. The molecule has 0 fully saturated rings. The number of ether oxygens (including phenoxy) is 1. The first kappa shape index (κ1) is 16.0. The summed E-state index contributed by atoms with van der Waals surface area (Å²) in [7, 11) is 0. The molecule has 0 saturated carbocycles. The Labute approximate surface area is 118 Å². The van der Waals surface area contributed by atoms with Gasteiger partial charge in [0.05, 0.1) is 6.10 Å². The standard InChI is InChI=1S/C17H29NO/c1-7-11-18-16(17(4,5)6)14-9-8-10-15(12-14)19-13(2)3/h8-10,12-13,16,18H,7,11H2,1-6H3. The van der Waals surface area contributed by atoms with Crippen molar-refractivity contribution in [1.29, 1.82) is 0 Å². The highest BCUT2D eigenvalue weighted by atomic mass is 16.5. The first-order valence-electron chi connectivity index (χ1n) is 7.34. The van der Waals surface area contributed by atoms with Gasteiger partial charge in [-0.1, -0.05) is 39.8 Å². The van der Waals surface area contributed by atoms with Crippen molar-refractivity contribution in [1.82, 2.24) is 5.32 Å². The first-order valence-corrected chi connectivity index (χ1v) is 7.34. The van der Waals surface area contributed by atoms with E-state index in [1.54, 1.807) is 0 Å². The number of hydrogen-bond donors (Lipinski definition) is 1. The van der Waals surface area contributed by atoms with Crippen LogP contribution in [-0.4, -0.2) is 12.6 Å². The van der Waals surface area contributed by atoms with E-state index in [0.29, 0.717) is 6.04 Å². The van der Waals surface area contributed by atoms with Crippen molar-refractivity contribution >= 4 is 0 Å². The highest BCUT2D eigenvalue weighted by molar-refractivity contribution is 5.31. The smallest absolute Gasteiger partial charge is 0.120 e. The maximum absolute atomic E-state index is 5.79. The summed E-state index contributed by atoms with van der Waals surface area (Å²) in [6.07, 6.45) is 1.36.